The Morgan fingerprint density at radius 3 is 2.67 bits per heavy atom. The number of urea groups is 1. The van der Waals surface area contributed by atoms with E-state index in [0.29, 0.717) is 12.4 Å². The predicted octanol–water partition coefficient (Wildman–Crippen LogP) is 0.975. The topological polar surface area (TPSA) is 98.8 Å². The molecule has 128 valence electrons. The van der Waals surface area contributed by atoms with Crippen LogP contribution >= 0.6 is 0 Å². The summed E-state index contributed by atoms with van der Waals surface area (Å²) in [5, 5.41) is 18.8. The van der Waals surface area contributed by atoms with E-state index < -0.39 is 0 Å². The summed E-state index contributed by atoms with van der Waals surface area (Å²) in [5.74, 6) is 0.157. The van der Waals surface area contributed by atoms with Gasteiger partial charge >= 0.3 is 6.03 Å². The van der Waals surface area contributed by atoms with Gasteiger partial charge < -0.3 is 10.6 Å². The summed E-state index contributed by atoms with van der Waals surface area (Å²) >= 11 is 0. The molecule has 3 N–H and O–H groups in total. The number of benzene rings is 1. The van der Waals surface area contributed by atoms with E-state index in [-0.39, 0.29) is 24.4 Å². The second-order valence-corrected chi connectivity index (χ2v) is 5.70. The van der Waals surface area contributed by atoms with Crippen molar-refractivity contribution in [3.8, 4) is 0 Å². The lowest BCUT2D eigenvalue weighted by Crippen LogP contribution is -2.41. The second kappa shape index (κ2) is 7.82. The summed E-state index contributed by atoms with van der Waals surface area (Å²) < 4.78 is 13.2. The first-order chi connectivity index (χ1) is 11.7. The average molecular weight is 333 g/mol. The molecule has 0 saturated carbocycles. The molecule has 1 atom stereocenters. The zero-order chi connectivity index (χ0) is 16.8. The van der Waals surface area contributed by atoms with Gasteiger partial charge in [-0.15, -0.1) is 10.2 Å². The van der Waals surface area contributed by atoms with Crippen molar-refractivity contribution in [2.45, 2.75) is 25.4 Å². The Hall–Kier alpha value is -2.55. The van der Waals surface area contributed by atoms with Crippen LogP contribution in [0.4, 0.5) is 9.18 Å². The van der Waals surface area contributed by atoms with E-state index in [4.69, 9.17) is 0 Å². The Morgan fingerprint density at radius 2 is 2.00 bits per heavy atom. The van der Waals surface area contributed by atoms with Crippen molar-refractivity contribution >= 4 is 6.03 Å². The molecular weight excluding hydrogens is 313 g/mol. The predicted molar refractivity (Wildman–Crippen MR) is 84.4 cm³/mol. The fraction of sp³-hybridized carbons (Fsp3) is 0.467. The maximum absolute atomic E-state index is 13.2. The Balaban J connectivity index is 1.57. The minimum Gasteiger partial charge on any atom is -0.336 e. The van der Waals surface area contributed by atoms with Crippen LogP contribution in [0.2, 0.25) is 0 Å². The van der Waals surface area contributed by atoms with Crippen molar-refractivity contribution in [3.63, 3.8) is 0 Å². The van der Waals surface area contributed by atoms with Gasteiger partial charge in [-0.05, 0) is 43.6 Å². The van der Waals surface area contributed by atoms with Crippen molar-refractivity contribution < 1.29 is 9.18 Å². The molecule has 1 fully saturated rings. The normalized spacial score (nSPS) is 16.0. The second-order valence-electron chi connectivity index (χ2n) is 5.70. The number of nitrogens with zero attached hydrogens (tertiary/aromatic N) is 4. The van der Waals surface area contributed by atoms with E-state index in [9.17, 15) is 9.18 Å². The molecule has 1 aromatic heterocycles. The molecule has 2 aromatic rings. The molecule has 1 aliphatic heterocycles. The van der Waals surface area contributed by atoms with E-state index in [0.717, 1.165) is 31.5 Å². The Kier molecular flexibility index (Phi) is 5.32. The minimum atomic E-state index is -0.300. The summed E-state index contributed by atoms with van der Waals surface area (Å²) in [6.07, 6.45) is 2.28. The molecule has 0 aliphatic carbocycles. The number of amides is 2. The van der Waals surface area contributed by atoms with Gasteiger partial charge in [-0.2, -0.15) is 5.21 Å². The van der Waals surface area contributed by atoms with E-state index >= 15 is 0 Å². The third kappa shape index (κ3) is 4.25. The van der Waals surface area contributed by atoms with Crippen LogP contribution in [0.3, 0.4) is 0 Å². The van der Waals surface area contributed by atoms with Gasteiger partial charge in [0.25, 0.3) is 0 Å². The number of aromatic amines is 1. The molecule has 2 heterocycles. The highest BCUT2D eigenvalue weighted by molar-refractivity contribution is 5.73. The summed E-state index contributed by atoms with van der Waals surface area (Å²) in [6, 6.07) is 6.19. The first-order valence-corrected chi connectivity index (χ1v) is 7.96. The zero-order valence-electron chi connectivity index (χ0n) is 13.2. The largest absolute Gasteiger partial charge is 0.336 e. The molecule has 0 bridgehead atoms. The van der Waals surface area contributed by atoms with Crippen LogP contribution in [0.5, 0.6) is 0 Å². The third-order valence-corrected chi connectivity index (χ3v) is 4.09. The number of aromatic nitrogens is 4. The van der Waals surface area contributed by atoms with Crippen molar-refractivity contribution in [3.05, 3.63) is 41.5 Å². The number of likely N-dealkylation sites (tertiary alicyclic amines) is 1. The zero-order valence-corrected chi connectivity index (χ0v) is 13.2. The van der Waals surface area contributed by atoms with Crippen LogP contribution in [0.25, 0.3) is 0 Å². The van der Waals surface area contributed by atoms with Crippen LogP contribution in [-0.4, -0.2) is 51.2 Å². The lowest BCUT2D eigenvalue weighted by molar-refractivity contribution is 0.220. The van der Waals surface area contributed by atoms with Crippen LogP contribution in [-0.2, 0) is 6.54 Å². The highest BCUT2D eigenvalue weighted by Gasteiger charge is 2.24. The van der Waals surface area contributed by atoms with Gasteiger partial charge in [0, 0.05) is 6.54 Å². The summed E-state index contributed by atoms with van der Waals surface area (Å²) in [7, 11) is 0. The van der Waals surface area contributed by atoms with Crippen LogP contribution < -0.4 is 10.6 Å². The van der Waals surface area contributed by atoms with Gasteiger partial charge in [0.05, 0.1) is 12.6 Å². The maximum atomic E-state index is 13.2. The molecule has 1 saturated heterocycles. The monoisotopic (exact) mass is 333 g/mol. The Morgan fingerprint density at radius 1 is 1.25 bits per heavy atom. The van der Waals surface area contributed by atoms with Crippen LogP contribution in [0.15, 0.2) is 24.3 Å². The lowest BCUT2D eigenvalue weighted by atomic mass is 10.1. The highest BCUT2D eigenvalue weighted by Crippen LogP contribution is 2.24. The van der Waals surface area contributed by atoms with Gasteiger partial charge in [-0.1, -0.05) is 17.3 Å². The minimum absolute atomic E-state index is 0.0315. The molecule has 0 unspecified atom stereocenters. The number of nitrogens with one attached hydrogen (secondary N) is 3. The first-order valence-electron chi connectivity index (χ1n) is 7.96. The van der Waals surface area contributed by atoms with E-state index in [1.54, 1.807) is 12.1 Å². The standard InChI is InChI=1S/C15H20FN7O/c16-12-5-3-11(4-6-12)13(23-7-1-2-8-23)9-17-15(24)18-10-14-19-21-22-20-14/h3-6,13H,1-2,7-10H2,(H2,17,18,24)(H,19,20,21,22)/t13-/m1/s1. The van der Waals surface area contributed by atoms with Gasteiger partial charge in [-0.3, -0.25) is 4.90 Å². The van der Waals surface area contributed by atoms with Crippen molar-refractivity contribution in [1.82, 2.24) is 36.2 Å². The number of rotatable bonds is 6. The number of carbonyl (C=O) groups excluding carboxylic acids is 1. The van der Waals surface area contributed by atoms with Crippen molar-refractivity contribution in [1.29, 1.82) is 0 Å². The molecule has 3 rings (SSSR count). The molecule has 24 heavy (non-hydrogen) atoms. The summed E-state index contributed by atoms with van der Waals surface area (Å²) in [5.41, 5.74) is 0.997. The molecule has 0 radical (unpaired) electrons. The summed E-state index contributed by atoms with van der Waals surface area (Å²) in [4.78, 5) is 14.3. The van der Waals surface area contributed by atoms with Crippen molar-refractivity contribution in [2.75, 3.05) is 19.6 Å². The molecule has 2 amide bonds. The fourth-order valence-electron chi connectivity index (χ4n) is 2.86. The number of H-pyrrole nitrogens is 1. The Bertz CT molecular complexity index is 640. The number of hydrogen-bond donors (Lipinski definition) is 3. The number of halogens is 1. The molecule has 8 nitrogen and oxygen atoms in total. The molecule has 0 spiro atoms. The van der Waals surface area contributed by atoms with Gasteiger partial charge in [0.15, 0.2) is 5.82 Å². The maximum Gasteiger partial charge on any atom is 0.315 e. The van der Waals surface area contributed by atoms with Gasteiger partial charge in [0.2, 0.25) is 0 Å². The molecule has 1 aromatic carbocycles. The number of hydrogen-bond acceptors (Lipinski definition) is 5. The average Bonchev–Trinajstić information content (AvgIpc) is 3.28. The molecule has 9 heteroatoms. The SMILES string of the molecule is O=C(NCc1nn[nH]n1)NC[C@H](c1ccc(F)cc1)N1CCCC1. The summed E-state index contributed by atoms with van der Waals surface area (Å²) in [6.45, 7) is 2.61. The van der Waals surface area contributed by atoms with Crippen LogP contribution in [0, 0.1) is 5.82 Å². The first kappa shape index (κ1) is 16.3. The lowest BCUT2D eigenvalue weighted by Gasteiger charge is -2.28. The van der Waals surface area contributed by atoms with Crippen molar-refractivity contribution in [2.24, 2.45) is 0 Å². The van der Waals surface area contributed by atoms with Gasteiger partial charge in [0.1, 0.15) is 5.82 Å². The Labute approximate surface area is 138 Å². The fourth-order valence-corrected chi connectivity index (χ4v) is 2.86. The number of tetrazole rings is 1. The molecular formula is C15H20FN7O. The molecule has 1 aliphatic rings. The smallest absolute Gasteiger partial charge is 0.315 e. The third-order valence-electron chi connectivity index (χ3n) is 4.09. The number of carbonyl (C=O) groups is 1. The van der Waals surface area contributed by atoms with E-state index in [1.807, 2.05) is 0 Å². The quantitative estimate of drug-likeness (QED) is 0.732. The van der Waals surface area contributed by atoms with E-state index in [2.05, 4.69) is 36.2 Å². The van der Waals surface area contributed by atoms with E-state index in [1.165, 1.54) is 12.1 Å². The van der Waals surface area contributed by atoms with Crippen LogP contribution in [0.1, 0.15) is 30.3 Å². The highest BCUT2D eigenvalue weighted by atomic mass is 19.1. The van der Waals surface area contributed by atoms with Gasteiger partial charge in [-0.25, -0.2) is 9.18 Å².